The number of fused-ring (bicyclic) bond motifs is 1. The minimum absolute atomic E-state index is 0.0158. The Morgan fingerprint density at radius 2 is 1.96 bits per heavy atom. The van der Waals surface area contributed by atoms with Crippen molar-refractivity contribution < 1.29 is 14.3 Å². The van der Waals surface area contributed by atoms with E-state index in [1.165, 1.54) is 0 Å². The monoisotopic (exact) mass is 353 g/mol. The largest absolute Gasteiger partial charge is 0.492 e. The highest BCUT2D eigenvalue weighted by molar-refractivity contribution is 5.96. The first-order valence-corrected chi connectivity index (χ1v) is 8.77. The van der Waals surface area contributed by atoms with Gasteiger partial charge in [-0.05, 0) is 48.7 Å². The number of amides is 2. The van der Waals surface area contributed by atoms with E-state index in [4.69, 9.17) is 10.5 Å². The fraction of sp³-hybridized carbons (Fsp3) is 0.300. The molecule has 2 aromatic rings. The first-order valence-electron chi connectivity index (χ1n) is 8.77. The quantitative estimate of drug-likeness (QED) is 0.713. The SMILES string of the molecule is NCCOc1ccc(NC(=O)CCC2Cc3ccccc3NC2=O)cc1. The van der Waals surface area contributed by atoms with Crippen molar-refractivity contribution >= 4 is 23.2 Å². The van der Waals surface area contributed by atoms with E-state index in [0.717, 1.165) is 11.3 Å². The summed E-state index contributed by atoms with van der Waals surface area (Å²) in [5, 5.41) is 5.76. The third-order valence-electron chi connectivity index (χ3n) is 4.36. The molecule has 1 unspecified atom stereocenters. The maximum absolute atomic E-state index is 12.2. The highest BCUT2D eigenvalue weighted by atomic mass is 16.5. The highest BCUT2D eigenvalue weighted by Gasteiger charge is 2.26. The van der Waals surface area contributed by atoms with E-state index >= 15 is 0 Å². The van der Waals surface area contributed by atoms with Crippen LogP contribution in [-0.2, 0) is 16.0 Å². The molecule has 0 fully saturated rings. The molecule has 0 saturated heterocycles. The van der Waals surface area contributed by atoms with Crippen LogP contribution >= 0.6 is 0 Å². The minimum Gasteiger partial charge on any atom is -0.492 e. The van der Waals surface area contributed by atoms with Crippen molar-refractivity contribution in [2.24, 2.45) is 11.7 Å². The molecule has 0 bridgehead atoms. The lowest BCUT2D eigenvalue weighted by atomic mass is 9.89. The van der Waals surface area contributed by atoms with Crippen LogP contribution in [-0.4, -0.2) is 25.0 Å². The molecule has 6 nitrogen and oxygen atoms in total. The van der Waals surface area contributed by atoms with E-state index in [0.29, 0.717) is 43.9 Å². The third-order valence-corrected chi connectivity index (χ3v) is 4.36. The number of anilines is 2. The summed E-state index contributed by atoms with van der Waals surface area (Å²) in [6, 6.07) is 14.9. The smallest absolute Gasteiger partial charge is 0.227 e. The molecule has 0 radical (unpaired) electrons. The van der Waals surface area contributed by atoms with Gasteiger partial charge in [0.1, 0.15) is 12.4 Å². The Morgan fingerprint density at radius 1 is 1.19 bits per heavy atom. The van der Waals surface area contributed by atoms with Crippen LogP contribution in [0, 0.1) is 5.92 Å². The zero-order valence-electron chi connectivity index (χ0n) is 14.5. The molecule has 1 aliphatic rings. The average molecular weight is 353 g/mol. The Morgan fingerprint density at radius 3 is 2.73 bits per heavy atom. The number of rotatable bonds is 7. The predicted molar refractivity (Wildman–Crippen MR) is 101 cm³/mol. The zero-order chi connectivity index (χ0) is 18.4. The van der Waals surface area contributed by atoms with Gasteiger partial charge in [-0.2, -0.15) is 0 Å². The molecule has 2 aromatic carbocycles. The van der Waals surface area contributed by atoms with Crippen LogP contribution in [0.4, 0.5) is 11.4 Å². The first-order chi connectivity index (χ1) is 12.7. The van der Waals surface area contributed by atoms with Crippen LogP contribution in [0.15, 0.2) is 48.5 Å². The summed E-state index contributed by atoms with van der Waals surface area (Å²) in [7, 11) is 0. The molecule has 6 heteroatoms. The maximum Gasteiger partial charge on any atom is 0.227 e. The number of para-hydroxylation sites is 1. The van der Waals surface area contributed by atoms with Crippen molar-refractivity contribution in [2.75, 3.05) is 23.8 Å². The van der Waals surface area contributed by atoms with Crippen molar-refractivity contribution in [1.82, 2.24) is 0 Å². The molecular weight excluding hydrogens is 330 g/mol. The molecule has 3 rings (SSSR count). The van der Waals surface area contributed by atoms with Gasteiger partial charge in [-0.3, -0.25) is 9.59 Å². The molecule has 26 heavy (non-hydrogen) atoms. The molecule has 0 aliphatic carbocycles. The molecule has 1 aliphatic heterocycles. The summed E-state index contributed by atoms with van der Waals surface area (Å²) < 4.78 is 5.40. The van der Waals surface area contributed by atoms with Gasteiger partial charge in [0, 0.05) is 30.3 Å². The molecule has 0 saturated carbocycles. The minimum atomic E-state index is -0.178. The van der Waals surface area contributed by atoms with Gasteiger partial charge in [0.25, 0.3) is 0 Å². The summed E-state index contributed by atoms with van der Waals surface area (Å²) in [5.41, 5.74) is 8.08. The second-order valence-electron chi connectivity index (χ2n) is 6.30. The lowest BCUT2D eigenvalue weighted by molar-refractivity contribution is -0.121. The van der Waals surface area contributed by atoms with Crippen LogP contribution < -0.4 is 21.1 Å². The van der Waals surface area contributed by atoms with Gasteiger partial charge in [-0.15, -0.1) is 0 Å². The summed E-state index contributed by atoms with van der Waals surface area (Å²) in [4.78, 5) is 24.4. The first kappa shape index (κ1) is 17.9. The van der Waals surface area contributed by atoms with E-state index in [1.54, 1.807) is 24.3 Å². The molecule has 1 atom stereocenters. The van der Waals surface area contributed by atoms with E-state index in [2.05, 4.69) is 10.6 Å². The number of carbonyl (C=O) groups excluding carboxylic acids is 2. The fourth-order valence-electron chi connectivity index (χ4n) is 2.99. The normalized spacial score (nSPS) is 15.7. The third kappa shape index (κ3) is 4.61. The van der Waals surface area contributed by atoms with Crippen molar-refractivity contribution in [1.29, 1.82) is 0 Å². The van der Waals surface area contributed by atoms with E-state index in [-0.39, 0.29) is 17.7 Å². The lowest BCUT2D eigenvalue weighted by Crippen LogP contribution is -2.30. The number of nitrogens with two attached hydrogens (primary N) is 1. The number of hydrogen-bond acceptors (Lipinski definition) is 4. The van der Waals surface area contributed by atoms with Crippen LogP contribution in [0.1, 0.15) is 18.4 Å². The van der Waals surface area contributed by atoms with Crippen LogP contribution in [0.3, 0.4) is 0 Å². The highest BCUT2D eigenvalue weighted by Crippen LogP contribution is 2.27. The van der Waals surface area contributed by atoms with E-state index in [9.17, 15) is 9.59 Å². The van der Waals surface area contributed by atoms with Crippen LogP contribution in [0.2, 0.25) is 0 Å². The van der Waals surface area contributed by atoms with Gasteiger partial charge in [0.15, 0.2) is 0 Å². The van der Waals surface area contributed by atoms with Crippen LogP contribution in [0.5, 0.6) is 5.75 Å². The maximum atomic E-state index is 12.2. The standard InChI is InChI=1S/C20H23N3O3/c21-11-12-26-17-8-6-16(7-9-17)22-19(24)10-5-15-13-14-3-1-2-4-18(14)23-20(15)25/h1-4,6-9,15H,5,10-13,21H2,(H,22,24)(H,23,25). The molecule has 2 amide bonds. The number of nitrogens with one attached hydrogen (secondary N) is 2. The number of ether oxygens (including phenoxy) is 1. The Balaban J connectivity index is 1.49. The number of carbonyl (C=O) groups is 2. The summed E-state index contributed by atoms with van der Waals surface area (Å²) in [6.07, 6.45) is 1.48. The zero-order valence-corrected chi connectivity index (χ0v) is 14.5. The van der Waals surface area contributed by atoms with Crippen molar-refractivity contribution in [3.63, 3.8) is 0 Å². The molecule has 4 N–H and O–H groups in total. The fourth-order valence-corrected chi connectivity index (χ4v) is 2.99. The van der Waals surface area contributed by atoms with Crippen molar-refractivity contribution in [3.05, 3.63) is 54.1 Å². The topological polar surface area (TPSA) is 93.4 Å². The van der Waals surface area contributed by atoms with E-state index in [1.807, 2.05) is 24.3 Å². The molecular formula is C20H23N3O3. The van der Waals surface area contributed by atoms with Gasteiger partial charge in [-0.1, -0.05) is 18.2 Å². The van der Waals surface area contributed by atoms with Crippen LogP contribution in [0.25, 0.3) is 0 Å². The van der Waals surface area contributed by atoms with Crippen molar-refractivity contribution in [3.8, 4) is 5.75 Å². The van der Waals surface area contributed by atoms with Crippen molar-refractivity contribution in [2.45, 2.75) is 19.3 Å². The second-order valence-corrected chi connectivity index (χ2v) is 6.30. The summed E-state index contributed by atoms with van der Waals surface area (Å²) >= 11 is 0. The van der Waals surface area contributed by atoms with Gasteiger partial charge in [0.2, 0.25) is 11.8 Å². The Labute approximate surface area is 152 Å². The Hall–Kier alpha value is -2.86. The van der Waals surface area contributed by atoms with Gasteiger partial charge >= 0.3 is 0 Å². The Bertz CT molecular complexity index is 774. The van der Waals surface area contributed by atoms with Gasteiger partial charge in [-0.25, -0.2) is 0 Å². The Kier molecular flexibility index (Phi) is 5.86. The summed E-state index contributed by atoms with van der Waals surface area (Å²) in [6.45, 7) is 0.913. The second kappa shape index (κ2) is 8.49. The average Bonchev–Trinajstić information content (AvgIpc) is 2.66. The van der Waals surface area contributed by atoms with Gasteiger partial charge in [0.05, 0.1) is 0 Å². The van der Waals surface area contributed by atoms with Gasteiger partial charge < -0.3 is 21.1 Å². The summed E-state index contributed by atoms with van der Waals surface area (Å²) in [5.74, 6) is 0.416. The molecule has 1 heterocycles. The number of benzene rings is 2. The molecule has 136 valence electrons. The number of hydrogen-bond donors (Lipinski definition) is 3. The molecule has 0 spiro atoms. The predicted octanol–water partition coefficient (Wildman–Crippen LogP) is 2.55. The molecule has 0 aromatic heterocycles. The lowest BCUT2D eigenvalue weighted by Gasteiger charge is -2.24. The van der Waals surface area contributed by atoms with E-state index < -0.39 is 0 Å².